The summed E-state index contributed by atoms with van der Waals surface area (Å²) in [6, 6.07) is 14.3. The lowest BCUT2D eigenvalue weighted by molar-refractivity contribution is -0.143. The Kier molecular flexibility index (Phi) is 5.46. The number of benzene rings is 2. The number of piperazine rings is 1. The molecule has 1 fully saturated rings. The number of halogens is 1. The number of rotatable bonds is 5. The number of carboxylic acids is 1. The minimum atomic E-state index is -0.820. The Balaban J connectivity index is 1.74. The zero-order valence-electron chi connectivity index (χ0n) is 14.1. The number of carboxylic acid groups (broad SMARTS) is 1. The summed E-state index contributed by atoms with van der Waals surface area (Å²) in [6.45, 7) is 2.73. The highest BCUT2D eigenvalue weighted by Crippen LogP contribution is 2.32. The van der Waals surface area contributed by atoms with Gasteiger partial charge >= 0.3 is 5.97 Å². The SMILES string of the molecule is COc1ccc(Cl)c(N2CCN(C(C(=O)O)c3ccccc3)CC2)c1. The maximum atomic E-state index is 11.8. The van der Waals surface area contributed by atoms with E-state index in [-0.39, 0.29) is 0 Å². The lowest BCUT2D eigenvalue weighted by atomic mass is 10.0. The van der Waals surface area contributed by atoms with Crippen LogP contribution in [0.4, 0.5) is 5.69 Å². The molecule has 2 aromatic carbocycles. The fourth-order valence-corrected chi connectivity index (χ4v) is 3.46. The van der Waals surface area contributed by atoms with Crippen molar-refractivity contribution in [2.75, 3.05) is 38.2 Å². The first-order valence-electron chi connectivity index (χ1n) is 8.20. The zero-order valence-corrected chi connectivity index (χ0v) is 14.8. The average Bonchev–Trinajstić information content (AvgIpc) is 2.64. The third kappa shape index (κ3) is 3.89. The van der Waals surface area contributed by atoms with Crippen LogP contribution in [0.15, 0.2) is 48.5 Å². The van der Waals surface area contributed by atoms with Crippen molar-refractivity contribution in [3.05, 3.63) is 59.1 Å². The molecule has 0 bridgehead atoms. The number of ether oxygens (including phenoxy) is 1. The fourth-order valence-electron chi connectivity index (χ4n) is 3.23. The van der Waals surface area contributed by atoms with Gasteiger partial charge < -0.3 is 14.7 Å². The van der Waals surface area contributed by atoms with E-state index in [0.29, 0.717) is 31.2 Å². The molecule has 5 nitrogen and oxygen atoms in total. The second-order valence-corrected chi connectivity index (χ2v) is 6.40. The molecular weight excluding hydrogens is 340 g/mol. The topological polar surface area (TPSA) is 53.0 Å². The molecule has 0 saturated carbocycles. The largest absolute Gasteiger partial charge is 0.497 e. The molecular formula is C19H21ClN2O3. The molecule has 1 unspecified atom stereocenters. The van der Waals surface area contributed by atoms with E-state index in [1.165, 1.54) is 0 Å². The van der Waals surface area contributed by atoms with Crippen LogP contribution in [0.2, 0.25) is 5.02 Å². The molecule has 1 aliphatic heterocycles. The van der Waals surface area contributed by atoms with E-state index in [2.05, 4.69) is 4.90 Å². The molecule has 1 aliphatic rings. The third-order valence-corrected chi connectivity index (χ3v) is 4.84. The van der Waals surface area contributed by atoms with Crippen LogP contribution in [0.3, 0.4) is 0 Å². The highest BCUT2D eigenvalue weighted by molar-refractivity contribution is 6.33. The van der Waals surface area contributed by atoms with Crippen molar-refractivity contribution in [1.82, 2.24) is 4.90 Å². The minimum Gasteiger partial charge on any atom is -0.497 e. The zero-order chi connectivity index (χ0) is 17.8. The first-order chi connectivity index (χ1) is 12.1. The van der Waals surface area contributed by atoms with Crippen LogP contribution in [0.5, 0.6) is 5.75 Å². The molecule has 2 aromatic rings. The lowest BCUT2D eigenvalue weighted by Crippen LogP contribution is -2.49. The van der Waals surface area contributed by atoms with Gasteiger partial charge in [-0.05, 0) is 17.7 Å². The molecule has 1 atom stereocenters. The molecule has 25 heavy (non-hydrogen) atoms. The number of methoxy groups -OCH3 is 1. The van der Waals surface area contributed by atoms with E-state index in [4.69, 9.17) is 16.3 Å². The van der Waals surface area contributed by atoms with E-state index in [1.807, 2.05) is 53.4 Å². The molecule has 0 amide bonds. The molecule has 6 heteroatoms. The standard InChI is InChI=1S/C19H21ClN2O3/c1-25-15-7-8-16(20)17(13-15)21-9-11-22(12-10-21)18(19(23)24)14-5-3-2-4-6-14/h2-8,13,18H,9-12H2,1H3,(H,23,24). The summed E-state index contributed by atoms with van der Waals surface area (Å²) < 4.78 is 5.28. The quantitative estimate of drug-likeness (QED) is 0.886. The van der Waals surface area contributed by atoms with Crippen LogP contribution in [-0.2, 0) is 4.79 Å². The normalized spacial score (nSPS) is 16.5. The van der Waals surface area contributed by atoms with E-state index < -0.39 is 12.0 Å². The van der Waals surface area contributed by atoms with Crippen molar-refractivity contribution >= 4 is 23.3 Å². The predicted octanol–water partition coefficient (Wildman–Crippen LogP) is 3.30. The number of hydrogen-bond donors (Lipinski definition) is 1. The first-order valence-corrected chi connectivity index (χ1v) is 8.58. The lowest BCUT2D eigenvalue weighted by Gasteiger charge is -2.39. The third-order valence-electron chi connectivity index (χ3n) is 4.52. The molecule has 0 aromatic heterocycles. The second kappa shape index (κ2) is 7.76. The van der Waals surface area contributed by atoms with Gasteiger partial charge in [0.15, 0.2) is 0 Å². The van der Waals surface area contributed by atoms with E-state index in [1.54, 1.807) is 7.11 Å². The van der Waals surface area contributed by atoms with Crippen LogP contribution < -0.4 is 9.64 Å². The molecule has 0 aliphatic carbocycles. The van der Waals surface area contributed by atoms with Gasteiger partial charge in [0.25, 0.3) is 0 Å². The summed E-state index contributed by atoms with van der Waals surface area (Å²) >= 11 is 6.33. The number of anilines is 1. The van der Waals surface area contributed by atoms with Crippen LogP contribution in [0.1, 0.15) is 11.6 Å². The maximum Gasteiger partial charge on any atom is 0.325 e. The highest BCUT2D eigenvalue weighted by Gasteiger charge is 2.30. The van der Waals surface area contributed by atoms with Gasteiger partial charge in [0, 0.05) is 32.2 Å². The summed E-state index contributed by atoms with van der Waals surface area (Å²) in [6.07, 6.45) is 0. The Morgan fingerprint density at radius 2 is 1.80 bits per heavy atom. The summed E-state index contributed by atoms with van der Waals surface area (Å²) in [4.78, 5) is 16.0. The van der Waals surface area contributed by atoms with Gasteiger partial charge in [0.1, 0.15) is 11.8 Å². The summed E-state index contributed by atoms with van der Waals surface area (Å²) in [5, 5.41) is 10.4. The van der Waals surface area contributed by atoms with Gasteiger partial charge in [0.2, 0.25) is 0 Å². The molecule has 0 spiro atoms. The van der Waals surface area contributed by atoms with Crippen molar-refractivity contribution in [3.8, 4) is 5.75 Å². The van der Waals surface area contributed by atoms with Gasteiger partial charge in [-0.2, -0.15) is 0 Å². The van der Waals surface area contributed by atoms with Crippen LogP contribution in [0, 0.1) is 0 Å². The second-order valence-electron chi connectivity index (χ2n) is 5.99. The van der Waals surface area contributed by atoms with Crippen molar-refractivity contribution < 1.29 is 14.6 Å². The monoisotopic (exact) mass is 360 g/mol. The van der Waals surface area contributed by atoms with Crippen LogP contribution in [-0.4, -0.2) is 49.3 Å². The van der Waals surface area contributed by atoms with Gasteiger partial charge in [-0.1, -0.05) is 41.9 Å². The van der Waals surface area contributed by atoms with Gasteiger partial charge in [-0.15, -0.1) is 0 Å². The van der Waals surface area contributed by atoms with E-state index in [9.17, 15) is 9.90 Å². The van der Waals surface area contributed by atoms with Crippen molar-refractivity contribution in [1.29, 1.82) is 0 Å². The van der Waals surface area contributed by atoms with Gasteiger partial charge in [-0.3, -0.25) is 9.69 Å². The van der Waals surface area contributed by atoms with Gasteiger partial charge in [0.05, 0.1) is 17.8 Å². The molecule has 1 N–H and O–H groups in total. The number of nitrogens with zero attached hydrogens (tertiary/aromatic N) is 2. The summed E-state index contributed by atoms with van der Waals surface area (Å²) in [5.41, 5.74) is 1.73. The Morgan fingerprint density at radius 3 is 2.40 bits per heavy atom. The Hall–Kier alpha value is -2.24. The number of carbonyl (C=O) groups is 1. The smallest absolute Gasteiger partial charge is 0.325 e. The van der Waals surface area contributed by atoms with Crippen molar-refractivity contribution in [2.45, 2.75) is 6.04 Å². The van der Waals surface area contributed by atoms with E-state index >= 15 is 0 Å². The maximum absolute atomic E-state index is 11.8. The minimum absolute atomic E-state index is 0.621. The van der Waals surface area contributed by atoms with Crippen molar-refractivity contribution in [3.63, 3.8) is 0 Å². The Labute approximate surface area is 152 Å². The van der Waals surface area contributed by atoms with Gasteiger partial charge in [-0.25, -0.2) is 0 Å². The van der Waals surface area contributed by atoms with Crippen molar-refractivity contribution in [2.24, 2.45) is 0 Å². The Morgan fingerprint density at radius 1 is 1.12 bits per heavy atom. The predicted molar refractivity (Wildman–Crippen MR) is 98.6 cm³/mol. The van der Waals surface area contributed by atoms with Crippen LogP contribution in [0.25, 0.3) is 0 Å². The highest BCUT2D eigenvalue weighted by atomic mass is 35.5. The molecule has 1 saturated heterocycles. The number of aliphatic carboxylic acids is 1. The summed E-state index contributed by atoms with van der Waals surface area (Å²) in [5.74, 6) is -0.0615. The summed E-state index contributed by atoms with van der Waals surface area (Å²) in [7, 11) is 1.63. The number of hydrogen-bond acceptors (Lipinski definition) is 4. The first kappa shape index (κ1) is 17.6. The molecule has 1 heterocycles. The van der Waals surface area contributed by atoms with E-state index in [0.717, 1.165) is 17.0 Å². The van der Waals surface area contributed by atoms with Crippen LogP contribution >= 0.6 is 11.6 Å². The fraction of sp³-hybridized carbons (Fsp3) is 0.316. The molecule has 3 rings (SSSR count). The molecule has 132 valence electrons. The average molecular weight is 361 g/mol. The Bertz CT molecular complexity index is 731. The molecule has 0 radical (unpaired) electrons.